The van der Waals surface area contributed by atoms with Gasteiger partial charge in [-0.2, -0.15) is 0 Å². The molecule has 0 amide bonds. The number of nitrogens with two attached hydrogens (primary N) is 1. The number of nitrogens with zero attached hydrogens (tertiary/aromatic N) is 1. The summed E-state index contributed by atoms with van der Waals surface area (Å²) in [6.45, 7) is 3.73. The van der Waals surface area contributed by atoms with Gasteiger partial charge in [0.25, 0.3) is 0 Å². The van der Waals surface area contributed by atoms with E-state index >= 15 is 0 Å². The Bertz CT molecular complexity index is 330. The number of rotatable bonds is 4. The first kappa shape index (κ1) is 12.6. The van der Waals surface area contributed by atoms with Gasteiger partial charge in [-0.15, -0.1) is 0 Å². The van der Waals surface area contributed by atoms with Crippen LogP contribution in [-0.4, -0.2) is 17.2 Å². The number of halogens is 2. The summed E-state index contributed by atoms with van der Waals surface area (Å²) >= 11 is 3.31. The van der Waals surface area contributed by atoms with Gasteiger partial charge in [-0.1, -0.05) is 13.8 Å². The average molecular weight is 275 g/mol. The van der Waals surface area contributed by atoms with Crippen LogP contribution in [0.2, 0.25) is 0 Å². The van der Waals surface area contributed by atoms with Crippen molar-refractivity contribution in [3.63, 3.8) is 0 Å². The molecule has 1 unspecified atom stereocenters. The first-order valence-corrected chi connectivity index (χ1v) is 5.75. The van der Waals surface area contributed by atoms with Crippen LogP contribution in [0, 0.1) is 5.92 Å². The fourth-order valence-electron chi connectivity index (χ4n) is 1.40. The van der Waals surface area contributed by atoms with E-state index in [9.17, 15) is 4.39 Å². The van der Waals surface area contributed by atoms with E-state index < -0.39 is 5.67 Å². The van der Waals surface area contributed by atoms with Crippen molar-refractivity contribution >= 4 is 15.9 Å². The summed E-state index contributed by atoms with van der Waals surface area (Å²) in [5.41, 5.74) is 5.01. The van der Waals surface area contributed by atoms with Gasteiger partial charge in [-0.05, 0) is 33.5 Å². The van der Waals surface area contributed by atoms with Crippen LogP contribution in [0.1, 0.15) is 19.4 Å². The molecule has 2 nitrogen and oxygen atoms in total. The zero-order valence-electron chi connectivity index (χ0n) is 9.00. The molecule has 0 radical (unpaired) electrons. The number of aromatic nitrogens is 1. The van der Waals surface area contributed by atoms with Crippen molar-refractivity contribution in [3.05, 3.63) is 28.5 Å². The van der Waals surface area contributed by atoms with E-state index in [1.54, 1.807) is 12.4 Å². The van der Waals surface area contributed by atoms with Gasteiger partial charge in [0, 0.05) is 29.8 Å². The summed E-state index contributed by atoms with van der Waals surface area (Å²) in [7, 11) is 0. The minimum absolute atomic E-state index is 0.0389. The van der Waals surface area contributed by atoms with Crippen molar-refractivity contribution in [1.29, 1.82) is 0 Å². The van der Waals surface area contributed by atoms with Gasteiger partial charge in [0.2, 0.25) is 0 Å². The van der Waals surface area contributed by atoms with Crippen molar-refractivity contribution in [2.45, 2.75) is 25.9 Å². The molecular weight excluding hydrogens is 259 g/mol. The normalized spacial score (nSPS) is 15.3. The standard InChI is InChI=1S/C11H16BrFN2/c1-8(2)11(13,7-14)4-9-3-10(12)6-15-5-9/h3,5-6,8H,4,7,14H2,1-2H3. The molecule has 2 N–H and O–H groups in total. The third kappa shape index (κ3) is 3.24. The van der Waals surface area contributed by atoms with Crippen LogP contribution in [0.4, 0.5) is 4.39 Å². The highest BCUT2D eigenvalue weighted by atomic mass is 79.9. The lowest BCUT2D eigenvalue weighted by Crippen LogP contribution is -2.40. The van der Waals surface area contributed by atoms with Crippen LogP contribution in [-0.2, 0) is 6.42 Å². The Morgan fingerprint density at radius 3 is 2.67 bits per heavy atom. The maximum absolute atomic E-state index is 14.3. The van der Waals surface area contributed by atoms with Gasteiger partial charge in [0.1, 0.15) is 5.67 Å². The summed E-state index contributed by atoms with van der Waals surface area (Å²) < 4.78 is 15.2. The highest BCUT2D eigenvalue weighted by Crippen LogP contribution is 2.26. The molecule has 0 saturated carbocycles. The summed E-state index contributed by atoms with van der Waals surface area (Å²) in [5.74, 6) is -0.0959. The van der Waals surface area contributed by atoms with Gasteiger partial charge in [0.05, 0.1) is 0 Å². The second-order valence-electron chi connectivity index (χ2n) is 4.08. The number of hydrogen-bond acceptors (Lipinski definition) is 2. The topological polar surface area (TPSA) is 38.9 Å². The van der Waals surface area contributed by atoms with Gasteiger partial charge in [-0.25, -0.2) is 4.39 Å². The maximum Gasteiger partial charge on any atom is 0.129 e. The lowest BCUT2D eigenvalue weighted by molar-refractivity contribution is 0.110. The van der Waals surface area contributed by atoms with Crippen LogP contribution in [0.5, 0.6) is 0 Å². The zero-order valence-corrected chi connectivity index (χ0v) is 10.6. The predicted octanol–water partition coefficient (Wildman–Crippen LogP) is 2.71. The third-order valence-electron chi connectivity index (χ3n) is 2.63. The van der Waals surface area contributed by atoms with Gasteiger partial charge < -0.3 is 5.73 Å². The Morgan fingerprint density at radius 2 is 2.20 bits per heavy atom. The maximum atomic E-state index is 14.3. The molecule has 0 bridgehead atoms. The molecule has 1 heterocycles. The number of hydrogen-bond donors (Lipinski definition) is 1. The van der Waals surface area contributed by atoms with Crippen molar-refractivity contribution in [1.82, 2.24) is 4.98 Å². The molecule has 1 atom stereocenters. The molecule has 1 rings (SSSR count). The molecule has 0 fully saturated rings. The Morgan fingerprint density at radius 1 is 1.53 bits per heavy atom. The van der Waals surface area contributed by atoms with Gasteiger partial charge in [0.15, 0.2) is 0 Å². The lowest BCUT2D eigenvalue weighted by Gasteiger charge is -2.27. The van der Waals surface area contributed by atoms with E-state index in [2.05, 4.69) is 20.9 Å². The molecule has 84 valence electrons. The van der Waals surface area contributed by atoms with E-state index in [0.29, 0.717) is 6.42 Å². The summed E-state index contributed by atoms with van der Waals surface area (Å²) in [6, 6.07) is 1.87. The average Bonchev–Trinajstić information content (AvgIpc) is 2.17. The van der Waals surface area contributed by atoms with E-state index in [1.165, 1.54) is 0 Å². The van der Waals surface area contributed by atoms with Crippen molar-refractivity contribution in [3.8, 4) is 0 Å². The highest BCUT2D eigenvalue weighted by molar-refractivity contribution is 9.10. The van der Waals surface area contributed by atoms with Crippen LogP contribution in [0.25, 0.3) is 0 Å². The van der Waals surface area contributed by atoms with Crippen LogP contribution in [0.3, 0.4) is 0 Å². The molecule has 0 spiro atoms. The Balaban J connectivity index is 2.84. The Hall–Kier alpha value is -0.480. The van der Waals surface area contributed by atoms with E-state index in [4.69, 9.17) is 5.73 Å². The smallest absolute Gasteiger partial charge is 0.129 e. The minimum Gasteiger partial charge on any atom is -0.328 e. The molecular formula is C11H16BrFN2. The molecule has 0 saturated heterocycles. The lowest BCUT2D eigenvalue weighted by atomic mass is 9.86. The van der Waals surface area contributed by atoms with Gasteiger partial charge in [-0.3, -0.25) is 4.98 Å². The quantitative estimate of drug-likeness (QED) is 0.917. The molecule has 0 aromatic carbocycles. The first-order valence-electron chi connectivity index (χ1n) is 4.96. The monoisotopic (exact) mass is 274 g/mol. The molecule has 0 aliphatic rings. The molecule has 1 aromatic heterocycles. The van der Waals surface area contributed by atoms with E-state index in [0.717, 1.165) is 10.0 Å². The van der Waals surface area contributed by atoms with E-state index in [-0.39, 0.29) is 12.5 Å². The molecule has 0 aliphatic carbocycles. The van der Waals surface area contributed by atoms with Crippen molar-refractivity contribution < 1.29 is 4.39 Å². The Labute approximate surface area is 98.2 Å². The molecule has 1 aromatic rings. The second kappa shape index (κ2) is 5.03. The largest absolute Gasteiger partial charge is 0.328 e. The zero-order chi connectivity index (χ0) is 11.5. The minimum atomic E-state index is -1.34. The number of pyridine rings is 1. The summed E-state index contributed by atoms with van der Waals surface area (Å²) in [4.78, 5) is 4.01. The second-order valence-corrected chi connectivity index (χ2v) is 5.00. The fraction of sp³-hybridized carbons (Fsp3) is 0.545. The van der Waals surface area contributed by atoms with Crippen molar-refractivity contribution in [2.24, 2.45) is 11.7 Å². The van der Waals surface area contributed by atoms with Crippen LogP contribution < -0.4 is 5.73 Å². The van der Waals surface area contributed by atoms with Crippen LogP contribution >= 0.6 is 15.9 Å². The van der Waals surface area contributed by atoms with E-state index in [1.807, 2.05) is 19.9 Å². The van der Waals surface area contributed by atoms with Gasteiger partial charge >= 0.3 is 0 Å². The molecule has 15 heavy (non-hydrogen) atoms. The number of alkyl halides is 1. The molecule has 4 heteroatoms. The summed E-state index contributed by atoms with van der Waals surface area (Å²) in [6.07, 6.45) is 3.67. The highest BCUT2D eigenvalue weighted by Gasteiger charge is 2.32. The first-order chi connectivity index (χ1) is 6.98. The Kier molecular flexibility index (Phi) is 4.22. The third-order valence-corrected chi connectivity index (χ3v) is 3.07. The fourth-order valence-corrected chi connectivity index (χ4v) is 1.82. The van der Waals surface area contributed by atoms with Crippen LogP contribution in [0.15, 0.2) is 22.9 Å². The SMILES string of the molecule is CC(C)C(F)(CN)Cc1cncc(Br)c1. The van der Waals surface area contributed by atoms with Crippen molar-refractivity contribution in [2.75, 3.05) is 6.54 Å². The molecule has 0 aliphatic heterocycles. The predicted molar refractivity (Wildman–Crippen MR) is 63.4 cm³/mol. The summed E-state index contributed by atoms with van der Waals surface area (Å²) in [5, 5.41) is 0.